The molecule has 0 spiro atoms. The fourth-order valence-corrected chi connectivity index (χ4v) is 3.21. The predicted molar refractivity (Wildman–Crippen MR) is 112 cm³/mol. The topological polar surface area (TPSA) is 61.9 Å². The summed E-state index contributed by atoms with van der Waals surface area (Å²) >= 11 is 11.9. The summed E-state index contributed by atoms with van der Waals surface area (Å²) in [6.07, 6.45) is 0.831. The van der Waals surface area contributed by atoms with Gasteiger partial charge in [0.2, 0.25) is 0 Å². The molecule has 6 nitrogen and oxygen atoms in total. The first kappa shape index (κ1) is 20.5. The molecule has 0 saturated carbocycles. The number of anilines is 2. The molecule has 1 aliphatic heterocycles. The third-order valence-electron chi connectivity index (χ3n) is 4.33. The normalized spacial score (nSPS) is 13.3. The molecule has 3 rings (SSSR count). The molecule has 8 heteroatoms. The Labute approximate surface area is 174 Å². The Balaban J connectivity index is 1.78. The molecule has 0 aliphatic carbocycles. The van der Waals surface area contributed by atoms with Crippen molar-refractivity contribution in [1.82, 2.24) is 4.90 Å². The van der Waals surface area contributed by atoms with Gasteiger partial charge in [-0.15, -0.1) is 0 Å². The Morgan fingerprint density at radius 2 is 1.96 bits per heavy atom. The first-order valence-corrected chi connectivity index (χ1v) is 9.59. The molecule has 1 heterocycles. The van der Waals surface area contributed by atoms with E-state index in [4.69, 9.17) is 27.9 Å². The third kappa shape index (κ3) is 4.76. The van der Waals surface area contributed by atoms with Gasteiger partial charge < -0.3 is 19.9 Å². The number of rotatable bonds is 6. The number of ether oxygens (including phenoxy) is 1. The van der Waals surface area contributed by atoms with Crippen molar-refractivity contribution in [2.75, 3.05) is 44.0 Å². The third-order valence-corrected chi connectivity index (χ3v) is 5.07. The first-order chi connectivity index (χ1) is 13.3. The highest BCUT2D eigenvalue weighted by Gasteiger charge is 2.25. The zero-order valence-corrected chi connectivity index (χ0v) is 17.2. The van der Waals surface area contributed by atoms with Crippen molar-refractivity contribution >= 4 is 46.4 Å². The molecule has 2 amide bonds. The van der Waals surface area contributed by atoms with Gasteiger partial charge in [-0.2, -0.15) is 0 Å². The number of carbonyl (C=O) groups excluding carboxylic acids is 2. The molecule has 0 fully saturated rings. The number of hydrogen-bond donors (Lipinski definition) is 1. The van der Waals surface area contributed by atoms with Crippen LogP contribution in [-0.4, -0.2) is 50.5 Å². The summed E-state index contributed by atoms with van der Waals surface area (Å²) in [7, 11) is 3.98. The SMILES string of the molecule is CN(C)CCCN1C(=O)COc2ccc(NC(=O)c3ccc(Cl)c(Cl)c3)cc21. The largest absolute Gasteiger partial charge is 0.482 e. The van der Waals surface area contributed by atoms with Crippen LogP contribution in [0, 0.1) is 0 Å². The summed E-state index contributed by atoms with van der Waals surface area (Å²) in [5, 5.41) is 3.52. The molecule has 0 aromatic heterocycles. The molecular weight excluding hydrogens is 401 g/mol. The van der Waals surface area contributed by atoms with Gasteiger partial charge in [0, 0.05) is 17.8 Å². The number of amides is 2. The average Bonchev–Trinajstić information content (AvgIpc) is 2.65. The number of benzene rings is 2. The second-order valence-corrected chi connectivity index (χ2v) is 7.57. The van der Waals surface area contributed by atoms with Crippen LogP contribution < -0.4 is 15.0 Å². The van der Waals surface area contributed by atoms with E-state index in [-0.39, 0.29) is 18.4 Å². The summed E-state index contributed by atoms with van der Waals surface area (Å²) < 4.78 is 5.52. The highest BCUT2D eigenvalue weighted by molar-refractivity contribution is 6.42. The monoisotopic (exact) mass is 421 g/mol. The van der Waals surface area contributed by atoms with Gasteiger partial charge in [0.15, 0.2) is 6.61 Å². The Morgan fingerprint density at radius 1 is 1.18 bits per heavy atom. The number of halogens is 2. The van der Waals surface area contributed by atoms with Gasteiger partial charge in [-0.3, -0.25) is 9.59 Å². The maximum atomic E-state index is 12.5. The average molecular weight is 422 g/mol. The van der Waals surface area contributed by atoms with Gasteiger partial charge in [0.1, 0.15) is 5.75 Å². The second kappa shape index (κ2) is 8.82. The van der Waals surface area contributed by atoms with Crippen molar-refractivity contribution in [3.63, 3.8) is 0 Å². The minimum Gasteiger partial charge on any atom is -0.482 e. The van der Waals surface area contributed by atoms with E-state index in [0.717, 1.165) is 13.0 Å². The van der Waals surface area contributed by atoms with Crippen LogP contribution >= 0.6 is 23.2 Å². The van der Waals surface area contributed by atoms with Gasteiger partial charge in [-0.05, 0) is 63.5 Å². The second-order valence-electron chi connectivity index (χ2n) is 6.76. The van der Waals surface area contributed by atoms with Crippen LogP contribution in [0.4, 0.5) is 11.4 Å². The lowest BCUT2D eigenvalue weighted by Crippen LogP contribution is -2.40. The fraction of sp³-hybridized carbons (Fsp3) is 0.300. The van der Waals surface area contributed by atoms with Crippen molar-refractivity contribution in [3.8, 4) is 5.75 Å². The molecule has 0 radical (unpaired) electrons. The molecule has 148 valence electrons. The summed E-state index contributed by atoms with van der Waals surface area (Å²) in [4.78, 5) is 28.6. The van der Waals surface area contributed by atoms with Crippen LogP contribution in [-0.2, 0) is 4.79 Å². The van der Waals surface area contributed by atoms with Crippen molar-refractivity contribution in [2.24, 2.45) is 0 Å². The van der Waals surface area contributed by atoms with Crippen LogP contribution in [0.5, 0.6) is 5.75 Å². The highest BCUT2D eigenvalue weighted by atomic mass is 35.5. The highest BCUT2D eigenvalue weighted by Crippen LogP contribution is 2.35. The zero-order valence-electron chi connectivity index (χ0n) is 15.7. The van der Waals surface area contributed by atoms with Crippen molar-refractivity contribution in [2.45, 2.75) is 6.42 Å². The predicted octanol–water partition coefficient (Wildman–Crippen LogP) is 3.92. The lowest BCUT2D eigenvalue weighted by atomic mass is 10.1. The number of carbonyl (C=O) groups is 2. The van der Waals surface area contributed by atoms with E-state index in [2.05, 4.69) is 10.2 Å². The smallest absolute Gasteiger partial charge is 0.265 e. The minimum absolute atomic E-state index is 0.0178. The van der Waals surface area contributed by atoms with E-state index in [1.807, 2.05) is 14.1 Å². The Hall–Kier alpha value is -2.28. The quantitative estimate of drug-likeness (QED) is 0.767. The molecule has 1 aliphatic rings. The van der Waals surface area contributed by atoms with Crippen LogP contribution in [0.1, 0.15) is 16.8 Å². The van der Waals surface area contributed by atoms with Crippen molar-refractivity contribution < 1.29 is 14.3 Å². The van der Waals surface area contributed by atoms with Crippen molar-refractivity contribution in [1.29, 1.82) is 0 Å². The van der Waals surface area contributed by atoms with Gasteiger partial charge in [-0.1, -0.05) is 23.2 Å². The number of nitrogens with zero attached hydrogens (tertiary/aromatic N) is 2. The van der Waals surface area contributed by atoms with Crippen LogP contribution in [0.2, 0.25) is 10.0 Å². The molecule has 0 atom stereocenters. The maximum Gasteiger partial charge on any atom is 0.265 e. The lowest BCUT2D eigenvalue weighted by molar-refractivity contribution is -0.121. The maximum absolute atomic E-state index is 12.5. The van der Waals surface area contributed by atoms with Crippen molar-refractivity contribution in [3.05, 3.63) is 52.0 Å². The van der Waals surface area contributed by atoms with Gasteiger partial charge in [0.25, 0.3) is 11.8 Å². The molecule has 2 aromatic rings. The molecule has 0 bridgehead atoms. The number of fused-ring (bicyclic) bond motifs is 1. The van der Waals surface area contributed by atoms with E-state index in [0.29, 0.717) is 39.3 Å². The van der Waals surface area contributed by atoms with Gasteiger partial charge in [0.05, 0.1) is 15.7 Å². The summed E-state index contributed by atoms with van der Waals surface area (Å²) in [5.41, 5.74) is 1.61. The Kier molecular flexibility index (Phi) is 6.44. The lowest BCUT2D eigenvalue weighted by Gasteiger charge is -2.30. The summed E-state index contributed by atoms with van der Waals surface area (Å²) in [6.45, 7) is 1.47. The number of nitrogens with one attached hydrogen (secondary N) is 1. The van der Waals surface area contributed by atoms with E-state index in [9.17, 15) is 9.59 Å². The van der Waals surface area contributed by atoms with Crippen LogP contribution in [0.3, 0.4) is 0 Å². The molecule has 0 unspecified atom stereocenters. The van der Waals surface area contributed by atoms with Gasteiger partial charge in [-0.25, -0.2) is 0 Å². The van der Waals surface area contributed by atoms with Crippen LogP contribution in [0.15, 0.2) is 36.4 Å². The van der Waals surface area contributed by atoms with E-state index < -0.39 is 0 Å². The van der Waals surface area contributed by atoms with Crippen LogP contribution in [0.25, 0.3) is 0 Å². The number of hydrogen-bond acceptors (Lipinski definition) is 4. The molecule has 28 heavy (non-hydrogen) atoms. The summed E-state index contributed by atoms with van der Waals surface area (Å²) in [5.74, 6) is 0.205. The minimum atomic E-state index is -0.319. The molecule has 0 saturated heterocycles. The van der Waals surface area contributed by atoms with E-state index >= 15 is 0 Å². The fourth-order valence-electron chi connectivity index (χ4n) is 2.91. The molecule has 1 N–H and O–H groups in total. The van der Waals surface area contributed by atoms with E-state index in [1.54, 1.807) is 35.2 Å². The van der Waals surface area contributed by atoms with Gasteiger partial charge >= 0.3 is 0 Å². The Bertz CT molecular complexity index is 902. The Morgan fingerprint density at radius 3 is 2.68 bits per heavy atom. The standard InChI is InChI=1S/C20H21Cl2N3O3/c1-24(2)8-3-9-25-17-11-14(5-7-18(17)28-12-19(25)26)23-20(27)13-4-6-15(21)16(22)10-13/h4-7,10-11H,3,8-9,12H2,1-2H3,(H,23,27). The zero-order chi connectivity index (χ0) is 20.3. The molecular formula is C20H21Cl2N3O3. The van der Waals surface area contributed by atoms with E-state index in [1.165, 1.54) is 6.07 Å². The molecule has 2 aromatic carbocycles. The first-order valence-electron chi connectivity index (χ1n) is 8.83. The summed E-state index contributed by atoms with van der Waals surface area (Å²) in [6, 6.07) is 9.93.